The molecule has 15 heteroatoms. The van der Waals surface area contributed by atoms with Gasteiger partial charge in [-0.1, -0.05) is 0 Å². The van der Waals surface area contributed by atoms with Crippen LogP contribution in [0.4, 0.5) is 36.4 Å². The van der Waals surface area contributed by atoms with Crippen molar-refractivity contribution in [3.8, 4) is 0 Å². The molecule has 3 heterocycles. The van der Waals surface area contributed by atoms with Crippen LogP contribution in [-0.4, -0.2) is 45.5 Å². The number of thiophene rings is 1. The largest absolute Gasteiger partial charge is 0.416 e. The minimum Gasteiger partial charge on any atom is -0.338 e. The molecule has 1 fully saturated rings. The molecule has 0 aliphatic carbocycles. The predicted molar refractivity (Wildman–Crippen MR) is 124 cm³/mol. The summed E-state index contributed by atoms with van der Waals surface area (Å²) in [6.07, 6.45) is -9.78. The average Bonchev–Trinajstić information content (AvgIpc) is 3.16. The summed E-state index contributed by atoms with van der Waals surface area (Å²) in [4.78, 5) is 44.4. The zero-order valence-electron chi connectivity index (χ0n) is 19.5. The number of amides is 2. The van der Waals surface area contributed by atoms with E-state index in [1.54, 1.807) is 0 Å². The lowest BCUT2D eigenvalue weighted by molar-refractivity contribution is -0.143. The molecule has 1 aliphatic rings. The summed E-state index contributed by atoms with van der Waals surface area (Å²) in [7, 11) is 0. The normalized spacial score (nSPS) is 15.2. The molecule has 38 heavy (non-hydrogen) atoms. The monoisotopic (exact) mass is 564 g/mol. The maximum atomic E-state index is 13.4. The lowest BCUT2D eigenvalue weighted by atomic mass is 10.1. The van der Waals surface area contributed by atoms with Gasteiger partial charge in [-0.2, -0.15) is 26.3 Å². The molecule has 2 aromatic heterocycles. The maximum Gasteiger partial charge on any atom is 0.416 e. The van der Waals surface area contributed by atoms with Crippen LogP contribution in [0.2, 0.25) is 0 Å². The third-order valence-electron chi connectivity index (χ3n) is 6.01. The molecule has 4 rings (SSSR count). The van der Waals surface area contributed by atoms with Crippen molar-refractivity contribution in [2.45, 2.75) is 44.8 Å². The first-order chi connectivity index (χ1) is 17.6. The van der Waals surface area contributed by atoms with Gasteiger partial charge in [-0.05, 0) is 43.5 Å². The number of carbonyl (C=O) groups is 2. The van der Waals surface area contributed by atoms with Crippen molar-refractivity contribution in [1.82, 2.24) is 14.5 Å². The number of piperidine rings is 1. The predicted octanol–water partition coefficient (Wildman–Crippen LogP) is 5.02. The number of nitrogens with one attached hydrogen (secondary N) is 1. The van der Waals surface area contributed by atoms with Gasteiger partial charge in [0.2, 0.25) is 5.91 Å². The highest BCUT2D eigenvalue weighted by molar-refractivity contribution is 7.20. The summed E-state index contributed by atoms with van der Waals surface area (Å²) in [6.45, 7) is 1.19. The third kappa shape index (κ3) is 5.66. The lowest BCUT2D eigenvalue weighted by Gasteiger charge is -2.28. The van der Waals surface area contributed by atoms with Crippen LogP contribution in [0.5, 0.6) is 0 Å². The zero-order valence-corrected chi connectivity index (χ0v) is 20.4. The van der Waals surface area contributed by atoms with Crippen LogP contribution in [0, 0.1) is 6.92 Å². The molecule has 0 atom stereocenters. The van der Waals surface area contributed by atoms with Crippen molar-refractivity contribution in [2.75, 3.05) is 18.4 Å². The van der Waals surface area contributed by atoms with Gasteiger partial charge in [0.15, 0.2) is 0 Å². The first-order valence-corrected chi connectivity index (χ1v) is 12.0. The number of hydrogen-bond donors (Lipinski definition) is 1. The fourth-order valence-corrected chi connectivity index (χ4v) is 5.16. The molecule has 2 amide bonds. The Morgan fingerprint density at radius 3 is 2.18 bits per heavy atom. The summed E-state index contributed by atoms with van der Waals surface area (Å²) in [5.41, 5.74) is -4.39. The molecule has 3 aromatic rings. The first-order valence-electron chi connectivity index (χ1n) is 11.2. The number of aromatic nitrogens is 2. The van der Waals surface area contributed by atoms with Crippen molar-refractivity contribution in [1.29, 1.82) is 0 Å². The molecule has 1 saturated heterocycles. The van der Waals surface area contributed by atoms with E-state index in [4.69, 9.17) is 0 Å². The van der Waals surface area contributed by atoms with Gasteiger partial charge in [-0.3, -0.25) is 19.0 Å². The van der Waals surface area contributed by atoms with Crippen molar-refractivity contribution < 1.29 is 40.3 Å². The van der Waals surface area contributed by atoms with Gasteiger partial charge in [-0.25, -0.2) is 9.37 Å². The fraction of sp³-hybridized carbons (Fsp3) is 0.391. The number of likely N-dealkylation sites (tertiary alicyclic amines) is 1. The summed E-state index contributed by atoms with van der Waals surface area (Å²) < 4.78 is 92.7. The summed E-state index contributed by atoms with van der Waals surface area (Å²) in [5.74, 6) is -1.45. The number of aryl methyl sites for hydroxylation is 1. The van der Waals surface area contributed by atoms with Gasteiger partial charge in [0.05, 0.1) is 27.7 Å². The second kappa shape index (κ2) is 10.0. The Bertz CT molecular complexity index is 1420. The Kier molecular flexibility index (Phi) is 7.25. The number of alkyl halides is 7. The number of carbonyl (C=O) groups excluding carboxylic acids is 2. The van der Waals surface area contributed by atoms with Gasteiger partial charge < -0.3 is 10.2 Å². The molecule has 0 saturated carbocycles. The van der Waals surface area contributed by atoms with Crippen molar-refractivity contribution in [2.24, 2.45) is 0 Å². The van der Waals surface area contributed by atoms with Gasteiger partial charge in [0.25, 0.3) is 11.5 Å². The Labute approximate surface area is 213 Å². The molecule has 204 valence electrons. The number of rotatable bonds is 4. The zero-order chi connectivity index (χ0) is 28.0. The van der Waals surface area contributed by atoms with Crippen LogP contribution in [0.25, 0.3) is 10.2 Å². The van der Waals surface area contributed by atoms with E-state index in [0.717, 1.165) is 22.2 Å². The van der Waals surface area contributed by atoms with E-state index in [1.807, 2.05) is 5.32 Å². The minimum atomic E-state index is -5.10. The van der Waals surface area contributed by atoms with E-state index in [0.29, 0.717) is 17.7 Å². The average molecular weight is 564 g/mol. The SMILES string of the molecule is Cc1c(C(=O)N2CCC(F)CC2)sc2ncn(CC(=O)Nc3cc(C(F)(F)F)cc(C(F)(F)F)c3)c(=O)c12. The summed E-state index contributed by atoms with van der Waals surface area (Å²) >= 11 is 0.956. The number of anilines is 1. The Morgan fingerprint density at radius 1 is 1.05 bits per heavy atom. The third-order valence-corrected chi connectivity index (χ3v) is 7.20. The van der Waals surface area contributed by atoms with Gasteiger partial charge in [0.1, 0.15) is 17.5 Å². The second-order valence-electron chi connectivity index (χ2n) is 8.72. The van der Waals surface area contributed by atoms with Crippen LogP contribution in [-0.2, 0) is 23.7 Å². The van der Waals surface area contributed by atoms with Crippen molar-refractivity contribution in [3.05, 3.63) is 56.4 Å². The van der Waals surface area contributed by atoms with E-state index >= 15 is 0 Å². The molecule has 0 radical (unpaired) electrons. The Hall–Kier alpha value is -3.49. The molecule has 1 N–H and O–H groups in total. The van der Waals surface area contributed by atoms with Gasteiger partial charge >= 0.3 is 12.4 Å². The van der Waals surface area contributed by atoms with Crippen LogP contribution < -0.4 is 10.9 Å². The minimum absolute atomic E-state index is 0.0486. The number of hydrogen-bond acceptors (Lipinski definition) is 5. The maximum absolute atomic E-state index is 13.4. The lowest BCUT2D eigenvalue weighted by Crippen LogP contribution is -2.38. The van der Waals surface area contributed by atoms with Crippen LogP contribution in [0.1, 0.15) is 39.2 Å². The van der Waals surface area contributed by atoms with Gasteiger partial charge in [0, 0.05) is 18.8 Å². The molecular weight excluding hydrogens is 545 g/mol. The molecule has 0 unspecified atom stereocenters. The standard InChI is InChI=1S/C23H19F7N4O3S/c1-11-17-19(38-18(11)21(37)33-4-2-14(24)3-5-33)31-10-34(20(17)36)9-16(35)32-15-7-12(22(25,26)27)6-13(8-15)23(28,29)30/h6-8,10,14H,2-5,9H2,1H3,(H,32,35). The second-order valence-corrected chi connectivity index (χ2v) is 9.72. The topological polar surface area (TPSA) is 84.3 Å². The smallest absolute Gasteiger partial charge is 0.338 e. The van der Waals surface area contributed by atoms with E-state index in [1.165, 1.54) is 11.8 Å². The molecular formula is C23H19F7N4O3S. The molecule has 1 aliphatic heterocycles. The van der Waals surface area contributed by atoms with Crippen LogP contribution in [0.3, 0.4) is 0 Å². The van der Waals surface area contributed by atoms with Crippen molar-refractivity contribution >= 4 is 39.1 Å². The molecule has 0 bridgehead atoms. The number of nitrogens with zero attached hydrogens (tertiary/aromatic N) is 3. The first kappa shape index (κ1) is 27.5. The van der Waals surface area contributed by atoms with E-state index < -0.39 is 53.3 Å². The molecule has 1 aromatic carbocycles. The highest BCUT2D eigenvalue weighted by Gasteiger charge is 2.37. The fourth-order valence-electron chi connectivity index (χ4n) is 4.05. The Balaban J connectivity index is 1.58. The highest BCUT2D eigenvalue weighted by atomic mass is 32.1. The molecule has 7 nitrogen and oxygen atoms in total. The van der Waals surface area contributed by atoms with Crippen LogP contribution in [0.15, 0.2) is 29.3 Å². The summed E-state index contributed by atoms with van der Waals surface area (Å²) in [5, 5.41) is 2.01. The van der Waals surface area contributed by atoms with E-state index in [-0.39, 0.29) is 53.0 Å². The number of fused-ring (bicyclic) bond motifs is 1. The van der Waals surface area contributed by atoms with Crippen LogP contribution >= 0.6 is 11.3 Å². The summed E-state index contributed by atoms with van der Waals surface area (Å²) in [6, 6.07) is 0.629. The van der Waals surface area contributed by atoms with E-state index in [9.17, 15) is 45.1 Å². The quantitative estimate of drug-likeness (QED) is 0.452. The Morgan fingerprint density at radius 2 is 1.63 bits per heavy atom. The number of halogens is 7. The van der Waals surface area contributed by atoms with E-state index in [2.05, 4.69) is 4.98 Å². The molecule has 0 spiro atoms. The van der Waals surface area contributed by atoms with Gasteiger partial charge in [-0.15, -0.1) is 11.3 Å². The van der Waals surface area contributed by atoms with Crippen molar-refractivity contribution in [3.63, 3.8) is 0 Å². The number of benzene rings is 1. The highest BCUT2D eigenvalue weighted by Crippen LogP contribution is 2.37.